The van der Waals surface area contributed by atoms with Gasteiger partial charge >= 0.3 is 0 Å². The first-order chi connectivity index (χ1) is 6.95. The predicted molar refractivity (Wildman–Crippen MR) is 61.5 cm³/mol. The average Bonchev–Trinajstić information content (AvgIpc) is 2.29. The van der Waals surface area contributed by atoms with Crippen LogP contribution in [0.2, 0.25) is 0 Å². The molecule has 0 aliphatic heterocycles. The van der Waals surface area contributed by atoms with E-state index in [-0.39, 0.29) is 17.1 Å². The summed E-state index contributed by atoms with van der Waals surface area (Å²) in [6, 6.07) is 21.4. The van der Waals surface area contributed by atoms with Crippen molar-refractivity contribution in [2.45, 2.75) is 0 Å². The standard InChI is InChI=1S/C14H10.Fe/c1-3-7-13-11(5-1)9-10-12-6-2-4-8-14(12)13;/h1-10H;. The van der Waals surface area contributed by atoms with Crippen molar-refractivity contribution < 1.29 is 17.1 Å². The van der Waals surface area contributed by atoms with Crippen LogP contribution in [0.3, 0.4) is 0 Å². The van der Waals surface area contributed by atoms with Crippen LogP contribution in [0.5, 0.6) is 0 Å². The van der Waals surface area contributed by atoms with Crippen LogP contribution in [0.15, 0.2) is 60.7 Å². The normalized spacial score (nSPS) is 10.1. The molecule has 0 aliphatic rings. The summed E-state index contributed by atoms with van der Waals surface area (Å²) in [5.74, 6) is 0. The molecule has 0 saturated carbocycles. The Morgan fingerprint density at radius 3 is 1.33 bits per heavy atom. The molecule has 74 valence electrons. The van der Waals surface area contributed by atoms with Gasteiger partial charge in [-0.2, -0.15) is 0 Å². The zero-order valence-electron chi connectivity index (χ0n) is 8.13. The zero-order valence-corrected chi connectivity index (χ0v) is 9.23. The minimum Gasteiger partial charge on any atom is -0.0616 e. The molecule has 1 heteroatoms. The second kappa shape index (κ2) is 4.06. The van der Waals surface area contributed by atoms with Gasteiger partial charge in [0.2, 0.25) is 0 Å². The van der Waals surface area contributed by atoms with Crippen LogP contribution in [0.25, 0.3) is 21.5 Å². The Hall–Kier alpha value is -1.30. The van der Waals surface area contributed by atoms with Gasteiger partial charge in [0, 0.05) is 17.1 Å². The molecule has 0 aliphatic carbocycles. The molecule has 0 saturated heterocycles. The van der Waals surface area contributed by atoms with E-state index >= 15 is 0 Å². The third-order valence-corrected chi connectivity index (χ3v) is 2.65. The summed E-state index contributed by atoms with van der Waals surface area (Å²) >= 11 is 0. The molecule has 0 spiro atoms. The molecule has 0 heterocycles. The largest absolute Gasteiger partial charge is 0.0616 e. The van der Waals surface area contributed by atoms with E-state index in [9.17, 15) is 0 Å². The van der Waals surface area contributed by atoms with Gasteiger partial charge in [-0.15, -0.1) is 0 Å². The zero-order chi connectivity index (χ0) is 9.38. The van der Waals surface area contributed by atoms with Crippen LogP contribution in [0.1, 0.15) is 0 Å². The van der Waals surface area contributed by atoms with E-state index in [1.54, 1.807) is 0 Å². The molecule has 0 fully saturated rings. The number of hydrogen-bond acceptors (Lipinski definition) is 0. The molecule has 3 aromatic carbocycles. The van der Waals surface area contributed by atoms with Gasteiger partial charge in [-0.05, 0) is 21.5 Å². The fourth-order valence-electron chi connectivity index (χ4n) is 1.95. The van der Waals surface area contributed by atoms with E-state index in [0.717, 1.165) is 0 Å². The summed E-state index contributed by atoms with van der Waals surface area (Å²) in [6.07, 6.45) is 0. The number of fused-ring (bicyclic) bond motifs is 3. The Bertz CT molecular complexity index is 544. The number of rotatable bonds is 0. The SMILES string of the molecule is [Fe].c1ccc2c(c1)ccc1ccccc12. The summed E-state index contributed by atoms with van der Waals surface area (Å²) in [5.41, 5.74) is 0. The Balaban J connectivity index is 0.000000853. The van der Waals surface area contributed by atoms with Gasteiger partial charge in [0.1, 0.15) is 0 Å². The first kappa shape index (κ1) is 10.2. The minimum atomic E-state index is 0. The van der Waals surface area contributed by atoms with Crippen LogP contribution < -0.4 is 0 Å². The van der Waals surface area contributed by atoms with Gasteiger partial charge < -0.3 is 0 Å². The first-order valence-electron chi connectivity index (χ1n) is 4.82. The minimum absolute atomic E-state index is 0. The van der Waals surface area contributed by atoms with E-state index in [1.807, 2.05) is 0 Å². The van der Waals surface area contributed by atoms with E-state index in [0.29, 0.717) is 0 Å². The second-order valence-corrected chi connectivity index (χ2v) is 3.51. The van der Waals surface area contributed by atoms with E-state index in [1.165, 1.54) is 21.5 Å². The van der Waals surface area contributed by atoms with Gasteiger partial charge in [0.25, 0.3) is 0 Å². The predicted octanol–water partition coefficient (Wildman–Crippen LogP) is 3.99. The van der Waals surface area contributed by atoms with Crippen LogP contribution in [0.4, 0.5) is 0 Å². The molecule has 3 aromatic rings. The van der Waals surface area contributed by atoms with Crippen molar-refractivity contribution in [2.75, 3.05) is 0 Å². The molecule has 0 N–H and O–H groups in total. The van der Waals surface area contributed by atoms with Crippen molar-refractivity contribution in [1.29, 1.82) is 0 Å². The van der Waals surface area contributed by atoms with Gasteiger partial charge in [0.15, 0.2) is 0 Å². The Kier molecular flexibility index (Phi) is 2.77. The maximum atomic E-state index is 2.18. The molecule has 0 nitrogen and oxygen atoms in total. The average molecular weight is 234 g/mol. The van der Waals surface area contributed by atoms with Crippen molar-refractivity contribution in [1.82, 2.24) is 0 Å². The second-order valence-electron chi connectivity index (χ2n) is 3.51. The van der Waals surface area contributed by atoms with Gasteiger partial charge in [-0.1, -0.05) is 60.7 Å². The van der Waals surface area contributed by atoms with Crippen LogP contribution in [-0.4, -0.2) is 0 Å². The van der Waals surface area contributed by atoms with Crippen LogP contribution in [0, 0.1) is 0 Å². The topological polar surface area (TPSA) is 0 Å². The molecule has 0 atom stereocenters. The van der Waals surface area contributed by atoms with E-state index in [4.69, 9.17) is 0 Å². The summed E-state index contributed by atoms with van der Waals surface area (Å²) in [7, 11) is 0. The molecular weight excluding hydrogens is 224 g/mol. The summed E-state index contributed by atoms with van der Waals surface area (Å²) in [5, 5.41) is 5.30. The van der Waals surface area contributed by atoms with Gasteiger partial charge in [-0.3, -0.25) is 0 Å². The van der Waals surface area contributed by atoms with Gasteiger partial charge in [0.05, 0.1) is 0 Å². The third-order valence-electron chi connectivity index (χ3n) is 2.65. The van der Waals surface area contributed by atoms with E-state index in [2.05, 4.69) is 60.7 Å². The van der Waals surface area contributed by atoms with Crippen LogP contribution >= 0.6 is 0 Å². The molecule has 3 rings (SSSR count). The van der Waals surface area contributed by atoms with Crippen molar-refractivity contribution in [2.24, 2.45) is 0 Å². The summed E-state index contributed by atoms with van der Waals surface area (Å²) in [6.45, 7) is 0. The summed E-state index contributed by atoms with van der Waals surface area (Å²) < 4.78 is 0. The molecule has 15 heavy (non-hydrogen) atoms. The third kappa shape index (κ3) is 1.65. The van der Waals surface area contributed by atoms with Crippen molar-refractivity contribution in [3.05, 3.63) is 60.7 Å². The first-order valence-corrected chi connectivity index (χ1v) is 4.82. The van der Waals surface area contributed by atoms with Crippen LogP contribution in [-0.2, 0) is 17.1 Å². The maximum Gasteiger partial charge on any atom is 0 e. The maximum absolute atomic E-state index is 2.18. The van der Waals surface area contributed by atoms with Gasteiger partial charge in [-0.25, -0.2) is 0 Å². The smallest absolute Gasteiger partial charge is 0 e. The molecule has 0 amide bonds. The molecule has 0 unspecified atom stereocenters. The Morgan fingerprint density at radius 2 is 0.867 bits per heavy atom. The van der Waals surface area contributed by atoms with Crippen molar-refractivity contribution >= 4 is 21.5 Å². The van der Waals surface area contributed by atoms with Crippen molar-refractivity contribution in [3.8, 4) is 0 Å². The quantitative estimate of drug-likeness (QED) is 0.407. The molecule has 0 bridgehead atoms. The number of hydrogen-bond donors (Lipinski definition) is 0. The number of benzene rings is 3. The van der Waals surface area contributed by atoms with E-state index < -0.39 is 0 Å². The molecule has 0 aromatic heterocycles. The monoisotopic (exact) mass is 234 g/mol. The van der Waals surface area contributed by atoms with Crippen molar-refractivity contribution in [3.63, 3.8) is 0 Å². The Labute approximate surface area is 99.4 Å². The Morgan fingerprint density at radius 1 is 0.467 bits per heavy atom. The summed E-state index contributed by atoms with van der Waals surface area (Å²) in [4.78, 5) is 0. The fraction of sp³-hybridized carbons (Fsp3) is 0. The molecule has 0 radical (unpaired) electrons. The molecular formula is C14H10Fe. The fourth-order valence-corrected chi connectivity index (χ4v) is 1.95.